The lowest BCUT2D eigenvalue weighted by Crippen LogP contribution is -2.46. The molecule has 0 fully saturated rings. The van der Waals surface area contributed by atoms with E-state index in [1.165, 1.54) is 4.68 Å². The highest BCUT2D eigenvalue weighted by Gasteiger charge is 2.38. The maximum Gasteiger partial charge on any atom is 0.245 e. The second kappa shape index (κ2) is 12.1. The van der Waals surface area contributed by atoms with Gasteiger partial charge in [-0.05, 0) is 17.4 Å². The zero-order valence-corrected chi connectivity index (χ0v) is 22.3. The lowest BCUT2D eigenvalue weighted by atomic mass is 9.84. The van der Waals surface area contributed by atoms with Crippen molar-refractivity contribution >= 4 is 5.91 Å². The van der Waals surface area contributed by atoms with E-state index in [1.54, 1.807) is 12.4 Å². The van der Waals surface area contributed by atoms with Gasteiger partial charge in [-0.1, -0.05) is 86.6 Å². The van der Waals surface area contributed by atoms with Crippen molar-refractivity contribution in [3.8, 4) is 11.3 Å². The van der Waals surface area contributed by atoms with Gasteiger partial charge in [0.25, 0.3) is 0 Å². The maximum absolute atomic E-state index is 13.8. The highest BCUT2D eigenvalue weighted by Crippen LogP contribution is 2.39. The van der Waals surface area contributed by atoms with Gasteiger partial charge in [-0.2, -0.15) is 0 Å². The normalized spacial score (nSPS) is 13.3. The fourth-order valence-corrected chi connectivity index (χ4v) is 4.64. The molecule has 0 radical (unpaired) electrons. The third-order valence-electron chi connectivity index (χ3n) is 6.51. The molecule has 38 heavy (non-hydrogen) atoms. The summed E-state index contributed by atoms with van der Waals surface area (Å²) in [6, 6.07) is 19.5. The molecule has 0 aliphatic carbocycles. The van der Waals surface area contributed by atoms with Crippen LogP contribution in [0, 0.1) is 5.41 Å². The van der Waals surface area contributed by atoms with Crippen LogP contribution in [-0.2, 0) is 17.9 Å². The SMILES string of the molecule is CC(C)(C)[C@H](c1nc(-c2ccccc2)cn1Cc1ccccc1)N(CC[C@H](N)CO)C(=O)Cn1ccnn1. The van der Waals surface area contributed by atoms with E-state index >= 15 is 0 Å². The monoisotopic (exact) mass is 515 g/mol. The summed E-state index contributed by atoms with van der Waals surface area (Å²) in [5, 5.41) is 17.4. The summed E-state index contributed by atoms with van der Waals surface area (Å²) in [7, 11) is 0. The van der Waals surface area contributed by atoms with Gasteiger partial charge in [0, 0.05) is 37.1 Å². The summed E-state index contributed by atoms with van der Waals surface area (Å²) in [4.78, 5) is 20.8. The minimum Gasteiger partial charge on any atom is -0.395 e. The van der Waals surface area contributed by atoms with Gasteiger partial charge in [-0.3, -0.25) is 4.79 Å². The minimum atomic E-state index is -0.429. The van der Waals surface area contributed by atoms with E-state index < -0.39 is 6.04 Å². The predicted molar refractivity (Wildman–Crippen MR) is 147 cm³/mol. The molecular weight excluding hydrogens is 478 g/mol. The molecule has 0 bridgehead atoms. The van der Waals surface area contributed by atoms with Crippen molar-refractivity contribution < 1.29 is 9.90 Å². The van der Waals surface area contributed by atoms with Crippen molar-refractivity contribution in [2.75, 3.05) is 13.2 Å². The Labute approximate surface area is 223 Å². The topological polar surface area (TPSA) is 115 Å². The number of hydrogen-bond acceptors (Lipinski definition) is 6. The first-order valence-electron chi connectivity index (χ1n) is 12.9. The van der Waals surface area contributed by atoms with E-state index in [0.717, 1.165) is 22.6 Å². The van der Waals surface area contributed by atoms with Crippen molar-refractivity contribution in [3.63, 3.8) is 0 Å². The van der Waals surface area contributed by atoms with Crippen LogP contribution in [0.4, 0.5) is 0 Å². The molecule has 0 saturated heterocycles. The Balaban J connectivity index is 1.81. The third kappa shape index (κ3) is 6.73. The molecule has 4 rings (SSSR count). The fourth-order valence-electron chi connectivity index (χ4n) is 4.64. The largest absolute Gasteiger partial charge is 0.395 e. The number of hydrogen-bond donors (Lipinski definition) is 2. The Kier molecular flexibility index (Phi) is 8.70. The third-order valence-corrected chi connectivity index (χ3v) is 6.51. The van der Waals surface area contributed by atoms with Gasteiger partial charge in [-0.15, -0.1) is 5.10 Å². The molecule has 3 N–H and O–H groups in total. The van der Waals surface area contributed by atoms with Crippen LogP contribution in [0.25, 0.3) is 11.3 Å². The second-order valence-electron chi connectivity index (χ2n) is 10.7. The smallest absolute Gasteiger partial charge is 0.245 e. The molecular formula is C29H37N7O2. The average molecular weight is 516 g/mol. The first kappa shape index (κ1) is 27.2. The van der Waals surface area contributed by atoms with Gasteiger partial charge in [0.1, 0.15) is 12.4 Å². The Morgan fingerprint density at radius 3 is 2.37 bits per heavy atom. The summed E-state index contributed by atoms with van der Waals surface area (Å²) in [6.07, 6.45) is 5.75. The van der Waals surface area contributed by atoms with Crippen LogP contribution in [0.2, 0.25) is 0 Å². The number of carbonyl (C=O) groups is 1. The standard InChI is InChI=1S/C29H37N7O2/c1-29(2,3)27(36(16-14-24(30)21-37)26(38)20-35-17-15-31-33-35)28-32-25(23-12-8-5-9-13-23)19-34(28)18-22-10-6-4-7-11-22/h4-13,15,17,19,24,27,37H,14,16,18,20-21,30H2,1-3H3/t24-,27-/m0/s1. The van der Waals surface area contributed by atoms with Crippen LogP contribution in [0.1, 0.15) is 44.6 Å². The highest BCUT2D eigenvalue weighted by molar-refractivity contribution is 5.76. The molecule has 0 spiro atoms. The Morgan fingerprint density at radius 1 is 1.08 bits per heavy atom. The molecule has 4 aromatic rings. The Bertz CT molecular complexity index is 1280. The second-order valence-corrected chi connectivity index (χ2v) is 10.7. The number of aromatic nitrogens is 5. The summed E-state index contributed by atoms with van der Waals surface area (Å²) in [5.74, 6) is 0.681. The van der Waals surface area contributed by atoms with Gasteiger partial charge >= 0.3 is 0 Å². The van der Waals surface area contributed by atoms with E-state index in [-0.39, 0.29) is 30.5 Å². The summed E-state index contributed by atoms with van der Waals surface area (Å²) >= 11 is 0. The molecule has 0 aliphatic heterocycles. The van der Waals surface area contributed by atoms with Gasteiger partial charge in [0.15, 0.2) is 0 Å². The van der Waals surface area contributed by atoms with Gasteiger partial charge in [-0.25, -0.2) is 9.67 Å². The summed E-state index contributed by atoms with van der Waals surface area (Å²) in [5.41, 5.74) is 8.71. The van der Waals surface area contributed by atoms with Gasteiger partial charge in [0.2, 0.25) is 5.91 Å². The molecule has 2 aromatic carbocycles. The molecule has 9 nitrogen and oxygen atoms in total. The van der Waals surface area contributed by atoms with E-state index in [0.29, 0.717) is 19.5 Å². The molecule has 2 atom stereocenters. The molecule has 9 heteroatoms. The zero-order chi connectivity index (χ0) is 27.1. The predicted octanol–water partition coefficient (Wildman–Crippen LogP) is 3.52. The van der Waals surface area contributed by atoms with E-state index in [4.69, 9.17) is 10.7 Å². The number of benzene rings is 2. The number of carbonyl (C=O) groups excluding carboxylic acids is 1. The molecule has 200 valence electrons. The van der Waals surface area contributed by atoms with Gasteiger partial charge in [0.05, 0.1) is 24.5 Å². The molecule has 0 saturated carbocycles. The van der Waals surface area contributed by atoms with Crippen LogP contribution in [-0.4, -0.2) is 59.7 Å². The van der Waals surface area contributed by atoms with Crippen molar-refractivity contribution in [2.45, 2.75) is 52.4 Å². The van der Waals surface area contributed by atoms with Crippen LogP contribution >= 0.6 is 0 Å². The maximum atomic E-state index is 13.8. The first-order chi connectivity index (χ1) is 18.3. The number of aliphatic hydroxyl groups is 1. The number of aliphatic hydroxyl groups excluding tert-OH is 1. The Hall–Kier alpha value is -3.82. The van der Waals surface area contributed by atoms with Crippen LogP contribution < -0.4 is 5.73 Å². The first-order valence-corrected chi connectivity index (χ1v) is 12.9. The molecule has 2 heterocycles. The number of nitrogens with zero attached hydrogens (tertiary/aromatic N) is 6. The van der Waals surface area contributed by atoms with E-state index in [9.17, 15) is 9.90 Å². The minimum absolute atomic E-state index is 0.0475. The van der Waals surface area contributed by atoms with Crippen molar-refractivity contribution in [3.05, 3.63) is 90.6 Å². The quantitative estimate of drug-likeness (QED) is 0.316. The van der Waals surface area contributed by atoms with Crippen molar-refractivity contribution in [1.82, 2.24) is 29.4 Å². The van der Waals surface area contributed by atoms with Crippen LogP contribution in [0.3, 0.4) is 0 Å². The van der Waals surface area contributed by atoms with Crippen LogP contribution in [0.5, 0.6) is 0 Å². The van der Waals surface area contributed by atoms with Crippen molar-refractivity contribution in [1.29, 1.82) is 0 Å². The average Bonchev–Trinajstić information content (AvgIpc) is 3.56. The number of amides is 1. The zero-order valence-electron chi connectivity index (χ0n) is 22.3. The summed E-state index contributed by atoms with van der Waals surface area (Å²) in [6.45, 7) is 7.23. The molecule has 0 unspecified atom stereocenters. The molecule has 0 aliphatic rings. The lowest BCUT2D eigenvalue weighted by Gasteiger charge is -2.40. The van der Waals surface area contributed by atoms with E-state index in [1.807, 2.05) is 53.4 Å². The van der Waals surface area contributed by atoms with Gasteiger partial charge < -0.3 is 20.3 Å². The lowest BCUT2D eigenvalue weighted by molar-refractivity contribution is -0.137. The van der Waals surface area contributed by atoms with Crippen LogP contribution in [0.15, 0.2) is 79.3 Å². The summed E-state index contributed by atoms with van der Waals surface area (Å²) < 4.78 is 3.67. The molecule has 2 aromatic heterocycles. The number of rotatable bonds is 11. The highest BCUT2D eigenvalue weighted by atomic mass is 16.3. The number of nitrogens with two attached hydrogens (primary N) is 1. The van der Waals surface area contributed by atoms with Crippen molar-refractivity contribution in [2.24, 2.45) is 11.1 Å². The fraction of sp³-hybridized carbons (Fsp3) is 0.379. The number of imidazole rings is 1. The molecule has 1 amide bonds. The Morgan fingerprint density at radius 2 is 1.76 bits per heavy atom. The van der Waals surface area contributed by atoms with E-state index in [2.05, 4.69) is 54.0 Å².